The van der Waals surface area contributed by atoms with Gasteiger partial charge < -0.3 is 9.64 Å². The first-order valence-corrected chi connectivity index (χ1v) is 8.94. The van der Waals surface area contributed by atoms with Gasteiger partial charge in [0.2, 0.25) is 0 Å². The first-order valence-electron chi connectivity index (χ1n) is 8.94. The molecular formula is C20H20N4O2. The summed E-state index contributed by atoms with van der Waals surface area (Å²) in [6.07, 6.45) is 9.94. The number of benzene rings is 1. The molecule has 1 saturated carbocycles. The van der Waals surface area contributed by atoms with E-state index in [4.69, 9.17) is 4.74 Å². The molecular weight excluding hydrogens is 328 g/mol. The molecule has 0 bridgehead atoms. The maximum absolute atomic E-state index is 12.4. The average molecular weight is 348 g/mol. The Hall–Kier alpha value is -2.89. The Morgan fingerprint density at radius 1 is 1.27 bits per heavy atom. The Morgan fingerprint density at radius 3 is 2.92 bits per heavy atom. The van der Waals surface area contributed by atoms with Crippen molar-refractivity contribution in [1.82, 2.24) is 14.7 Å². The third-order valence-electron chi connectivity index (χ3n) is 5.35. The summed E-state index contributed by atoms with van der Waals surface area (Å²) in [4.78, 5) is 18.3. The summed E-state index contributed by atoms with van der Waals surface area (Å²) < 4.78 is 8.15. The molecule has 1 aromatic carbocycles. The smallest absolute Gasteiger partial charge is 0.272 e. The molecule has 132 valence electrons. The summed E-state index contributed by atoms with van der Waals surface area (Å²) in [5.41, 5.74) is 3.66. The number of amides is 1. The molecule has 1 unspecified atom stereocenters. The lowest BCUT2D eigenvalue weighted by Gasteiger charge is -2.27. The standard InChI is InChI=1S/C20H20N4O2/c1-23-10-16(13-7-8-21-18(13)20(23)25)14-5-6-17-15(9-22-24(17)2)19(14)26-11-12-3-4-12/h5-10,12-13H,3-4,11H2,1-2H3. The average Bonchev–Trinajstić information content (AvgIpc) is 3.20. The lowest BCUT2D eigenvalue weighted by atomic mass is 9.86. The lowest BCUT2D eigenvalue weighted by molar-refractivity contribution is -0.121. The Morgan fingerprint density at radius 2 is 2.12 bits per heavy atom. The Labute approximate surface area is 151 Å². The van der Waals surface area contributed by atoms with Crippen molar-refractivity contribution < 1.29 is 9.53 Å². The van der Waals surface area contributed by atoms with Gasteiger partial charge in [-0.1, -0.05) is 6.08 Å². The highest BCUT2D eigenvalue weighted by Crippen LogP contribution is 2.41. The molecule has 3 heterocycles. The third kappa shape index (κ3) is 2.29. The summed E-state index contributed by atoms with van der Waals surface area (Å²) in [5.74, 6) is 1.35. The van der Waals surface area contributed by atoms with Crippen molar-refractivity contribution in [2.24, 2.45) is 23.9 Å². The maximum Gasteiger partial charge on any atom is 0.272 e. The summed E-state index contributed by atoms with van der Waals surface area (Å²) in [6, 6.07) is 4.14. The first kappa shape index (κ1) is 15.4. The van der Waals surface area contributed by atoms with Gasteiger partial charge in [-0.15, -0.1) is 0 Å². The molecule has 1 fully saturated rings. The van der Waals surface area contributed by atoms with E-state index in [1.54, 1.807) is 18.1 Å². The molecule has 5 rings (SSSR count). The second kappa shape index (κ2) is 5.56. The maximum atomic E-state index is 12.4. The third-order valence-corrected chi connectivity index (χ3v) is 5.35. The molecule has 1 aromatic heterocycles. The van der Waals surface area contributed by atoms with E-state index in [1.165, 1.54) is 12.8 Å². The summed E-state index contributed by atoms with van der Waals surface area (Å²) in [5, 5.41) is 5.40. The SMILES string of the molecule is CN1C=C(c2ccc3c(cnn3C)c2OCC2CC2)C2C=CN=C2C1=O. The van der Waals surface area contributed by atoms with Crippen molar-refractivity contribution in [3.8, 4) is 5.75 Å². The van der Waals surface area contributed by atoms with Gasteiger partial charge >= 0.3 is 0 Å². The quantitative estimate of drug-likeness (QED) is 0.854. The molecule has 0 N–H and O–H groups in total. The number of rotatable bonds is 4. The zero-order valence-electron chi connectivity index (χ0n) is 14.8. The molecule has 6 heteroatoms. The van der Waals surface area contributed by atoms with E-state index < -0.39 is 0 Å². The number of hydrogen-bond acceptors (Lipinski definition) is 4. The van der Waals surface area contributed by atoms with Gasteiger partial charge in [0.1, 0.15) is 11.5 Å². The van der Waals surface area contributed by atoms with Crippen molar-refractivity contribution in [2.45, 2.75) is 12.8 Å². The van der Waals surface area contributed by atoms with Gasteiger partial charge in [-0.05, 0) is 36.5 Å². The topological polar surface area (TPSA) is 59.7 Å². The minimum atomic E-state index is -0.115. The fourth-order valence-corrected chi connectivity index (χ4v) is 3.66. The number of aliphatic imine (C=N–C) groups is 1. The number of carbonyl (C=O) groups excluding carboxylic acids is 1. The molecule has 0 saturated heterocycles. The van der Waals surface area contributed by atoms with Gasteiger partial charge in [0.05, 0.1) is 29.6 Å². The van der Waals surface area contributed by atoms with Crippen LogP contribution in [0.2, 0.25) is 0 Å². The largest absolute Gasteiger partial charge is 0.492 e. The molecule has 26 heavy (non-hydrogen) atoms. The Balaban J connectivity index is 1.66. The minimum absolute atomic E-state index is 0.0494. The van der Waals surface area contributed by atoms with Crippen LogP contribution in [-0.2, 0) is 11.8 Å². The van der Waals surface area contributed by atoms with Gasteiger partial charge in [0.25, 0.3) is 5.91 Å². The molecule has 0 spiro atoms. The predicted octanol–water partition coefficient (Wildman–Crippen LogP) is 2.76. The molecule has 3 aliphatic rings. The van der Waals surface area contributed by atoms with Crippen molar-refractivity contribution in [1.29, 1.82) is 0 Å². The first-order chi connectivity index (χ1) is 12.6. The van der Waals surface area contributed by atoms with Crippen LogP contribution in [-0.4, -0.2) is 40.0 Å². The van der Waals surface area contributed by atoms with Crippen LogP contribution in [0.3, 0.4) is 0 Å². The lowest BCUT2D eigenvalue weighted by Crippen LogP contribution is -2.37. The zero-order chi connectivity index (χ0) is 17.8. The van der Waals surface area contributed by atoms with E-state index in [-0.39, 0.29) is 11.8 Å². The van der Waals surface area contributed by atoms with Crippen LogP contribution in [0.4, 0.5) is 0 Å². The number of allylic oxidation sites excluding steroid dienone is 2. The molecule has 1 aliphatic carbocycles. The van der Waals surface area contributed by atoms with Crippen molar-refractivity contribution in [3.05, 3.63) is 42.4 Å². The second-order valence-electron chi connectivity index (χ2n) is 7.23. The van der Waals surface area contributed by atoms with Crippen LogP contribution in [0.5, 0.6) is 5.75 Å². The molecule has 1 amide bonds. The highest BCUT2D eigenvalue weighted by atomic mass is 16.5. The van der Waals surface area contributed by atoms with E-state index in [9.17, 15) is 4.79 Å². The van der Waals surface area contributed by atoms with Crippen molar-refractivity contribution >= 4 is 28.1 Å². The normalized spacial score (nSPS) is 21.8. The van der Waals surface area contributed by atoms with Crippen LogP contribution in [0.1, 0.15) is 18.4 Å². The summed E-state index contributed by atoms with van der Waals surface area (Å²) >= 11 is 0. The van der Waals surface area contributed by atoms with E-state index in [0.29, 0.717) is 11.6 Å². The number of fused-ring (bicyclic) bond motifs is 2. The van der Waals surface area contributed by atoms with Crippen LogP contribution in [0, 0.1) is 11.8 Å². The monoisotopic (exact) mass is 348 g/mol. The van der Waals surface area contributed by atoms with Crippen molar-refractivity contribution in [3.63, 3.8) is 0 Å². The van der Waals surface area contributed by atoms with Crippen LogP contribution < -0.4 is 4.74 Å². The fourth-order valence-electron chi connectivity index (χ4n) is 3.66. The Kier molecular flexibility index (Phi) is 3.29. The van der Waals surface area contributed by atoms with Crippen LogP contribution in [0.25, 0.3) is 16.5 Å². The number of aromatic nitrogens is 2. The number of ether oxygens (including phenoxy) is 1. The molecule has 6 nitrogen and oxygen atoms in total. The predicted molar refractivity (Wildman–Crippen MR) is 99.7 cm³/mol. The zero-order valence-corrected chi connectivity index (χ0v) is 14.8. The van der Waals surface area contributed by atoms with Crippen molar-refractivity contribution in [2.75, 3.05) is 13.7 Å². The molecule has 0 radical (unpaired) electrons. The van der Waals surface area contributed by atoms with E-state index in [0.717, 1.165) is 34.4 Å². The van der Waals surface area contributed by atoms with Gasteiger partial charge in [-0.2, -0.15) is 5.10 Å². The van der Waals surface area contributed by atoms with Gasteiger partial charge in [-0.3, -0.25) is 14.5 Å². The molecule has 1 atom stereocenters. The molecule has 2 aliphatic heterocycles. The van der Waals surface area contributed by atoms with Gasteiger partial charge in [0.15, 0.2) is 0 Å². The number of hydrogen-bond donors (Lipinski definition) is 0. The van der Waals surface area contributed by atoms with Gasteiger partial charge in [-0.25, -0.2) is 0 Å². The minimum Gasteiger partial charge on any atom is -0.492 e. The van der Waals surface area contributed by atoms with E-state index >= 15 is 0 Å². The van der Waals surface area contributed by atoms with E-state index in [2.05, 4.69) is 22.2 Å². The summed E-state index contributed by atoms with van der Waals surface area (Å²) in [6.45, 7) is 0.727. The number of aryl methyl sites for hydroxylation is 1. The Bertz CT molecular complexity index is 1010. The number of carbonyl (C=O) groups is 1. The highest BCUT2D eigenvalue weighted by molar-refractivity contribution is 6.44. The van der Waals surface area contributed by atoms with Gasteiger partial charge in [0, 0.05) is 32.1 Å². The van der Waals surface area contributed by atoms with Crippen LogP contribution in [0.15, 0.2) is 41.8 Å². The fraction of sp³-hybridized carbons (Fsp3) is 0.350. The highest BCUT2D eigenvalue weighted by Gasteiger charge is 2.35. The number of nitrogens with zero attached hydrogens (tertiary/aromatic N) is 4. The second-order valence-corrected chi connectivity index (χ2v) is 7.23. The van der Waals surface area contributed by atoms with Crippen LogP contribution >= 0.6 is 0 Å². The summed E-state index contributed by atoms with van der Waals surface area (Å²) in [7, 11) is 3.70. The van der Waals surface area contributed by atoms with E-state index in [1.807, 2.05) is 30.2 Å². The molecule has 2 aromatic rings.